The molecule has 1 amide bonds. The lowest BCUT2D eigenvalue weighted by molar-refractivity contribution is 0.0928. The minimum atomic E-state index is -0.254. The van der Waals surface area contributed by atoms with Crippen LogP contribution >= 0.6 is 0 Å². The van der Waals surface area contributed by atoms with Gasteiger partial charge < -0.3 is 10.4 Å². The number of hydrogen-bond acceptors (Lipinski definition) is 4. The van der Waals surface area contributed by atoms with Gasteiger partial charge in [0.1, 0.15) is 12.1 Å². The summed E-state index contributed by atoms with van der Waals surface area (Å²) in [4.78, 5) is 15.5. The number of phenols is 1. The zero-order valence-electron chi connectivity index (χ0n) is 10.6. The van der Waals surface area contributed by atoms with Crippen LogP contribution in [0.4, 0.5) is 0 Å². The maximum Gasteiger partial charge on any atom is 0.288 e. The molecular formula is C13H16N4O2. The molecule has 2 aromatic rings. The Labute approximate surface area is 110 Å². The molecular weight excluding hydrogens is 244 g/mol. The second-order valence-corrected chi connectivity index (χ2v) is 4.41. The van der Waals surface area contributed by atoms with Gasteiger partial charge in [0.15, 0.2) is 0 Å². The first kappa shape index (κ1) is 13.1. The summed E-state index contributed by atoms with van der Waals surface area (Å²) in [6.45, 7) is 1.94. The predicted molar refractivity (Wildman–Crippen MR) is 69.7 cm³/mol. The van der Waals surface area contributed by atoms with Crippen molar-refractivity contribution >= 4 is 5.91 Å². The van der Waals surface area contributed by atoms with E-state index in [4.69, 9.17) is 0 Å². The van der Waals surface area contributed by atoms with Crippen LogP contribution in [0.2, 0.25) is 0 Å². The van der Waals surface area contributed by atoms with Gasteiger partial charge in [0.2, 0.25) is 5.82 Å². The molecule has 0 radical (unpaired) electrons. The molecule has 0 aliphatic carbocycles. The third-order valence-corrected chi connectivity index (χ3v) is 2.81. The van der Waals surface area contributed by atoms with Crippen molar-refractivity contribution in [2.75, 3.05) is 0 Å². The summed E-state index contributed by atoms with van der Waals surface area (Å²) in [5, 5.41) is 18.2. The van der Waals surface area contributed by atoms with Gasteiger partial charge in [-0.15, -0.1) is 0 Å². The number of carbonyl (C=O) groups is 1. The molecule has 0 saturated heterocycles. The molecule has 0 saturated carbocycles. The fourth-order valence-electron chi connectivity index (χ4n) is 1.72. The highest BCUT2D eigenvalue weighted by atomic mass is 16.3. The van der Waals surface area contributed by atoms with Gasteiger partial charge in [0.05, 0.1) is 0 Å². The van der Waals surface area contributed by atoms with Crippen LogP contribution < -0.4 is 5.32 Å². The molecule has 0 aliphatic rings. The van der Waals surface area contributed by atoms with Crippen LogP contribution in [0, 0.1) is 0 Å². The number of H-pyrrole nitrogens is 1. The molecule has 1 unspecified atom stereocenters. The van der Waals surface area contributed by atoms with Crippen LogP contribution in [0.25, 0.3) is 0 Å². The number of aryl methyl sites for hydroxylation is 1. The quantitative estimate of drug-likeness (QED) is 0.754. The number of nitrogens with one attached hydrogen (secondary N) is 2. The first-order valence-electron chi connectivity index (χ1n) is 6.09. The summed E-state index contributed by atoms with van der Waals surface area (Å²) in [6.07, 6.45) is 2.94. The van der Waals surface area contributed by atoms with Crippen LogP contribution in [-0.4, -0.2) is 32.2 Å². The molecule has 1 atom stereocenters. The number of phenolic OH excluding ortho intramolecular Hbond substituents is 1. The first-order chi connectivity index (χ1) is 9.15. The number of aromatic hydroxyl groups is 1. The molecule has 6 heteroatoms. The predicted octanol–water partition coefficient (Wildman–Crippen LogP) is 1.26. The number of aromatic nitrogens is 3. The minimum Gasteiger partial charge on any atom is -0.508 e. The van der Waals surface area contributed by atoms with Crippen LogP contribution in [-0.2, 0) is 6.42 Å². The Bertz CT molecular complexity index is 522. The Morgan fingerprint density at radius 1 is 1.42 bits per heavy atom. The second-order valence-electron chi connectivity index (χ2n) is 4.41. The molecule has 0 fully saturated rings. The fourth-order valence-corrected chi connectivity index (χ4v) is 1.72. The average molecular weight is 260 g/mol. The van der Waals surface area contributed by atoms with Crippen LogP contribution in [0.15, 0.2) is 30.6 Å². The molecule has 100 valence electrons. The van der Waals surface area contributed by atoms with E-state index in [1.165, 1.54) is 6.33 Å². The molecule has 0 aliphatic heterocycles. The molecule has 0 spiro atoms. The normalized spacial score (nSPS) is 12.1. The third kappa shape index (κ3) is 3.80. The van der Waals surface area contributed by atoms with Gasteiger partial charge >= 0.3 is 0 Å². The Hall–Kier alpha value is -2.37. The number of hydrogen-bond donors (Lipinski definition) is 3. The summed E-state index contributed by atoms with van der Waals surface area (Å²) in [7, 11) is 0. The summed E-state index contributed by atoms with van der Waals surface area (Å²) in [5.74, 6) is 0.225. The number of rotatable bonds is 5. The number of amides is 1. The van der Waals surface area contributed by atoms with Crippen molar-refractivity contribution in [2.45, 2.75) is 25.8 Å². The van der Waals surface area contributed by atoms with Gasteiger partial charge in [0.25, 0.3) is 5.91 Å². The molecule has 0 bridgehead atoms. The lowest BCUT2D eigenvalue weighted by Gasteiger charge is -2.12. The van der Waals surface area contributed by atoms with Crippen molar-refractivity contribution in [1.82, 2.24) is 20.5 Å². The molecule has 1 heterocycles. The van der Waals surface area contributed by atoms with E-state index in [9.17, 15) is 9.90 Å². The topological polar surface area (TPSA) is 90.9 Å². The summed E-state index contributed by atoms with van der Waals surface area (Å²) in [5.41, 5.74) is 1.12. The second kappa shape index (κ2) is 5.99. The maximum atomic E-state index is 11.7. The van der Waals surface area contributed by atoms with E-state index < -0.39 is 0 Å². The van der Waals surface area contributed by atoms with E-state index in [-0.39, 0.29) is 23.5 Å². The standard InChI is InChI=1S/C13H16N4O2/c1-9(16-13(19)12-14-8-15-17-12)2-3-10-4-6-11(18)7-5-10/h4-9,18H,2-3H2,1H3,(H,16,19)(H,14,15,17). The van der Waals surface area contributed by atoms with Crippen LogP contribution in [0.1, 0.15) is 29.5 Å². The van der Waals surface area contributed by atoms with Gasteiger partial charge in [-0.2, -0.15) is 5.10 Å². The monoisotopic (exact) mass is 260 g/mol. The maximum absolute atomic E-state index is 11.7. The van der Waals surface area contributed by atoms with E-state index in [0.717, 1.165) is 18.4 Å². The van der Waals surface area contributed by atoms with Crippen molar-refractivity contribution in [3.63, 3.8) is 0 Å². The van der Waals surface area contributed by atoms with E-state index in [0.29, 0.717) is 0 Å². The van der Waals surface area contributed by atoms with Gasteiger partial charge in [-0.05, 0) is 37.5 Å². The van der Waals surface area contributed by atoms with Gasteiger partial charge in [0, 0.05) is 6.04 Å². The fraction of sp³-hybridized carbons (Fsp3) is 0.308. The highest BCUT2D eigenvalue weighted by Gasteiger charge is 2.11. The minimum absolute atomic E-state index is 0.0337. The van der Waals surface area contributed by atoms with E-state index in [1.807, 2.05) is 19.1 Å². The SMILES string of the molecule is CC(CCc1ccc(O)cc1)NC(=O)c1ncn[nH]1. The number of aromatic amines is 1. The third-order valence-electron chi connectivity index (χ3n) is 2.81. The number of nitrogens with zero attached hydrogens (tertiary/aromatic N) is 2. The zero-order chi connectivity index (χ0) is 13.7. The van der Waals surface area contributed by atoms with Crippen molar-refractivity contribution in [1.29, 1.82) is 0 Å². The molecule has 2 rings (SSSR count). The Balaban J connectivity index is 1.80. The highest BCUT2D eigenvalue weighted by molar-refractivity contribution is 5.90. The molecule has 19 heavy (non-hydrogen) atoms. The van der Waals surface area contributed by atoms with E-state index in [1.54, 1.807) is 12.1 Å². The van der Waals surface area contributed by atoms with Crippen molar-refractivity contribution in [3.05, 3.63) is 42.0 Å². The molecule has 1 aromatic carbocycles. The summed E-state index contributed by atoms with van der Waals surface area (Å²) in [6, 6.07) is 7.10. The number of carbonyl (C=O) groups excluding carboxylic acids is 1. The lowest BCUT2D eigenvalue weighted by Crippen LogP contribution is -2.33. The van der Waals surface area contributed by atoms with Crippen molar-refractivity contribution < 1.29 is 9.90 Å². The zero-order valence-corrected chi connectivity index (χ0v) is 10.6. The van der Waals surface area contributed by atoms with Crippen molar-refractivity contribution in [2.24, 2.45) is 0 Å². The van der Waals surface area contributed by atoms with Gasteiger partial charge in [-0.25, -0.2) is 4.98 Å². The van der Waals surface area contributed by atoms with Gasteiger partial charge in [-0.1, -0.05) is 12.1 Å². The van der Waals surface area contributed by atoms with Crippen molar-refractivity contribution in [3.8, 4) is 5.75 Å². The largest absolute Gasteiger partial charge is 0.508 e. The average Bonchev–Trinajstić information content (AvgIpc) is 2.92. The highest BCUT2D eigenvalue weighted by Crippen LogP contribution is 2.11. The van der Waals surface area contributed by atoms with E-state index >= 15 is 0 Å². The summed E-state index contributed by atoms with van der Waals surface area (Å²) >= 11 is 0. The smallest absolute Gasteiger partial charge is 0.288 e. The van der Waals surface area contributed by atoms with Crippen LogP contribution in [0.3, 0.4) is 0 Å². The molecule has 1 aromatic heterocycles. The van der Waals surface area contributed by atoms with Gasteiger partial charge in [-0.3, -0.25) is 9.89 Å². The molecule has 6 nitrogen and oxygen atoms in total. The molecule has 3 N–H and O–H groups in total. The Morgan fingerprint density at radius 3 is 2.79 bits per heavy atom. The first-order valence-corrected chi connectivity index (χ1v) is 6.09. The van der Waals surface area contributed by atoms with Crippen LogP contribution in [0.5, 0.6) is 5.75 Å². The Morgan fingerprint density at radius 2 is 2.16 bits per heavy atom. The lowest BCUT2D eigenvalue weighted by atomic mass is 10.1. The number of benzene rings is 1. The summed E-state index contributed by atoms with van der Waals surface area (Å²) < 4.78 is 0. The Kier molecular flexibility index (Phi) is 4.12. The van der Waals surface area contributed by atoms with E-state index in [2.05, 4.69) is 20.5 Å².